The van der Waals surface area contributed by atoms with E-state index < -0.39 is 12.3 Å². The van der Waals surface area contributed by atoms with E-state index in [1.54, 1.807) is 0 Å². The topological polar surface area (TPSA) is 58.9 Å². The van der Waals surface area contributed by atoms with Gasteiger partial charge in [0.15, 0.2) is 6.29 Å². The standard InChI is InChI=1S/C7H16O4/c1-4-5-10-7(3,9)11-6(2)8/h6,8-9H,4-5H2,1-3H3. The van der Waals surface area contributed by atoms with Crippen molar-refractivity contribution in [3.63, 3.8) is 0 Å². The summed E-state index contributed by atoms with van der Waals surface area (Å²) in [5.41, 5.74) is 0. The van der Waals surface area contributed by atoms with Crippen LogP contribution in [0.4, 0.5) is 0 Å². The maximum Gasteiger partial charge on any atom is 0.279 e. The predicted octanol–water partition coefficient (Wildman–Crippen LogP) is 0.434. The molecule has 0 saturated heterocycles. The monoisotopic (exact) mass is 164 g/mol. The minimum atomic E-state index is -1.68. The summed E-state index contributed by atoms with van der Waals surface area (Å²) in [4.78, 5) is 0. The largest absolute Gasteiger partial charge is 0.368 e. The van der Waals surface area contributed by atoms with Gasteiger partial charge in [0.25, 0.3) is 5.97 Å². The number of rotatable bonds is 5. The summed E-state index contributed by atoms with van der Waals surface area (Å²) < 4.78 is 9.49. The average molecular weight is 164 g/mol. The number of ether oxygens (including phenoxy) is 2. The lowest BCUT2D eigenvalue weighted by atomic mass is 10.5. The third-order valence-corrected chi connectivity index (χ3v) is 0.963. The molecule has 2 atom stereocenters. The number of hydrogen-bond acceptors (Lipinski definition) is 4. The Morgan fingerprint density at radius 1 is 1.55 bits per heavy atom. The molecule has 0 fully saturated rings. The van der Waals surface area contributed by atoms with Crippen LogP contribution >= 0.6 is 0 Å². The van der Waals surface area contributed by atoms with Gasteiger partial charge in [0.05, 0.1) is 6.61 Å². The van der Waals surface area contributed by atoms with E-state index in [4.69, 9.17) is 9.84 Å². The first-order valence-corrected chi connectivity index (χ1v) is 3.70. The van der Waals surface area contributed by atoms with Crippen LogP contribution in [0.25, 0.3) is 0 Å². The van der Waals surface area contributed by atoms with Gasteiger partial charge in [0, 0.05) is 6.92 Å². The van der Waals surface area contributed by atoms with Crippen LogP contribution in [0, 0.1) is 0 Å². The Balaban J connectivity index is 3.61. The Kier molecular flexibility index (Phi) is 4.60. The molecule has 0 radical (unpaired) electrons. The molecule has 2 N–H and O–H groups in total. The Morgan fingerprint density at radius 3 is 2.45 bits per heavy atom. The van der Waals surface area contributed by atoms with E-state index in [1.807, 2.05) is 6.92 Å². The summed E-state index contributed by atoms with van der Waals surface area (Å²) in [6.07, 6.45) is -0.235. The maximum atomic E-state index is 9.21. The molecule has 0 aliphatic heterocycles. The average Bonchev–Trinajstić information content (AvgIpc) is 1.81. The molecule has 0 aromatic carbocycles. The van der Waals surface area contributed by atoms with Gasteiger partial charge in [0.1, 0.15) is 0 Å². The van der Waals surface area contributed by atoms with E-state index in [0.29, 0.717) is 6.61 Å². The minimum Gasteiger partial charge on any atom is -0.368 e. The highest BCUT2D eigenvalue weighted by atomic mass is 16.8. The third-order valence-electron chi connectivity index (χ3n) is 0.963. The van der Waals surface area contributed by atoms with Crippen molar-refractivity contribution in [2.24, 2.45) is 0 Å². The van der Waals surface area contributed by atoms with E-state index in [2.05, 4.69) is 4.74 Å². The summed E-state index contributed by atoms with van der Waals surface area (Å²) in [7, 11) is 0. The number of aliphatic hydroxyl groups is 2. The predicted molar refractivity (Wildman–Crippen MR) is 39.6 cm³/mol. The fourth-order valence-electron chi connectivity index (χ4n) is 0.642. The molecule has 68 valence electrons. The van der Waals surface area contributed by atoms with Crippen LogP contribution in [0.15, 0.2) is 0 Å². The molecular weight excluding hydrogens is 148 g/mol. The molecule has 0 bridgehead atoms. The highest BCUT2D eigenvalue weighted by Gasteiger charge is 2.23. The van der Waals surface area contributed by atoms with Gasteiger partial charge in [-0.2, -0.15) is 0 Å². The summed E-state index contributed by atoms with van der Waals surface area (Å²) >= 11 is 0. The van der Waals surface area contributed by atoms with Crippen molar-refractivity contribution < 1.29 is 19.7 Å². The van der Waals surface area contributed by atoms with E-state index in [9.17, 15) is 5.11 Å². The summed E-state index contributed by atoms with van der Waals surface area (Å²) in [5.74, 6) is -1.68. The second kappa shape index (κ2) is 4.66. The summed E-state index contributed by atoms with van der Waals surface area (Å²) in [5, 5.41) is 17.9. The number of hydrogen-bond donors (Lipinski definition) is 2. The Bertz CT molecular complexity index is 101. The second-order valence-corrected chi connectivity index (χ2v) is 2.46. The van der Waals surface area contributed by atoms with Crippen LogP contribution in [0.5, 0.6) is 0 Å². The first kappa shape index (κ1) is 10.8. The minimum absolute atomic E-state index is 0.403. The molecule has 0 saturated carbocycles. The molecule has 11 heavy (non-hydrogen) atoms. The van der Waals surface area contributed by atoms with Gasteiger partial charge < -0.3 is 14.9 Å². The van der Waals surface area contributed by atoms with Crippen molar-refractivity contribution in [2.45, 2.75) is 39.5 Å². The molecule has 0 aliphatic rings. The van der Waals surface area contributed by atoms with Crippen LogP contribution in [0.1, 0.15) is 27.2 Å². The van der Waals surface area contributed by atoms with E-state index in [-0.39, 0.29) is 0 Å². The van der Waals surface area contributed by atoms with Crippen molar-refractivity contribution in [1.29, 1.82) is 0 Å². The highest BCUT2D eigenvalue weighted by Crippen LogP contribution is 2.09. The lowest BCUT2D eigenvalue weighted by Crippen LogP contribution is -2.35. The highest BCUT2D eigenvalue weighted by molar-refractivity contribution is 4.43. The first-order valence-electron chi connectivity index (χ1n) is 3.70. The molecule has 0 aromatic heterocycles. The molecule has 4 nitrogen and oxygen atoms in total. The van der Waals surface area contributed by atoms with Crippen LogP contribution in [-0.2, 0) is 9.47 Å². The van der Waals surface area contributed by atoms with Crippen LogP contribution in [-0.4, -0.2) is 29.1 Å². The van der Waals surface area contributed by atoms with Gasteiger partial charge in [0.2, 0.25) is 0 Å². The zero-order valence-corrected chi connectivity index (χ0v) is 7.20. The van der Waals surface area contributed by atoms with Gasteiger partial charge in [-0.1, -0.05) is 6.92 Å². The molecule has 2 unspecified atom stereocenters. The lowest BCUT2D eigenvalue weighted by Gasteiger charge is -2.24. The van der Waals surface area contributed by atoms with Gasteiger partial charge in [-0.05, 0) is 13.3 Å². The molecular formula is C7H16O4. The lowest BCUT2D eigenvalue weighted by molar-refractivity contribution is -0.385. The zero-order valence-electron chi connectivity index (χ0n) is 7.20. The molecule has 0 rings (SSSR count). The first-order chi connectivity index (χ1) is 4.98. The summed E-state index contributed by atoms with van der Waals surface area (Å²) in [6, 6.07) is 0. The molecule has 0 amide bonds. The van der Waals surface area contributed by atoms with Gasteiger partial charge in [-0.3, -0.25) is 4.74 Å². The number of aliphatic hydroxyl groups excluding tert-OH is 1. The van der Waals surface area contributed by atoms with E-state index in [1.165, 1.54) is 13.8 Å². The van der Waals surface area contributed by atoms with Crippen molar-refractivity contribution in [3.05, 3.63) is 0 Å². The SMILES string of the molecule is CCCOC(C)(O)OC(C)O. The maximum absolute atomic E-state index is 9.21. The molecule has 0 heterocycles. The second-order valence-electron chi connectivity index (χ2n) is 2.46. The summed E-state index contributed by atoms with van der Waals surface area (Å²) in [6.45, 7) is 5.07. The smallest absolute Gasteiger partial charge is 0.279 e. The molecule has 4 heteroatoms. The fraction of sp³-hybridized carbons (Fsp3) is 1.00. The normalized spacial score (nSPS) is 19.4. The third kappa shape index (κ3) is 6.25. The van der Waals surface area contributed by atoms with Crippen molar-refractivity contribution >= 4 is 0 Å². The van der Waals surface area contributed by atoms with Crippen molar-refractivity contribution in [1.82, 2.24) is 0 Å². The zero-order chi connectivity index (χ0) is 8.91. The quantitative estimate of drug-likeness (QED) is 0.579. The molecule has 0 aliphatic carbocycles. The molecule has 0 spiro atoms. The van der Waals surface area contributed by atoms with Crippen LogP contribution in [0.3, 0.4) is 0 Å². The van der Waals surface area contributed by atoms with Crippen LogP contribution in [0.2, 0.25) is 0 Å². The molecule has 0 aromatic rings. The van der Waals surface area contributed by atoms with Gasteiger partial charge in [-0.15, -0.1) is 0 Å². The van der Waals surface area contributed by atoms with Crippen molar-refractivity contribution in [3.8, 4) is 0 Å². The van der Waals surface area contributed by atoms with Gasteiger partial charge in [-0.25, -0.2) is 0 Å². The van der Waals surface area contributed by atoms with Crippen molar-refractivity contribution in [2.75, 3.05) is 6.61 Å². The van der Waals surface area contributed by atoms with E-state index >= 15 is 0 Å². The fourth-order valence-corrected chi connectivity index (χ4v) is 0.642. The van der Waals surface area contributed by atoms with Gasteiger partial charge >= 0.3 is 0 Å². The Morgan fingerprint density at radius 2 is 2.09 bits per heavy atom. The Labute approximate surface area is 66.7 Å². The Hall–Kier alpha value is -0.160. The van der Waals surface area contributed by atoms with Crippen LogP contribution < -0.4 is 0 Å². The van der Waals surface area contributed by atoms with E-state index in [0.717, 1.165) is 6.42 Å².